The van der Waals surface area contributed by atoms with Crippen LogP contribution in [-0.2, 0) is 0 Å². The zero-order chi connectivity index (χ0) is 14.2. The van der Waals surface area contributed by atoms with E-state index in [0.717, 1.165) is 10.9 Å². The van der Waals surface area contributed by atoms with Crippen molar-refractivity contribution in [2.75, 3.05) is 0 Å². The number of rotatable bonds is 1. The fourth-order valence-electron chi connectivity index (χ4n) is 2.63. The number of nitrogens with zero attached hydrogens (tertiary/aromatic N) is 1. The fraction of sp³-hybridized carbons (Fsp3) is 0. The molecule has 0 N–H and O–H groups in total. The van der Waals surface area contributed by atoms with Crippen LogP contribution in [-0.4, -0.2) is 4.98 Å². The SMILES string of the molecule is Fc1cc(-c2ccc3ccccc3c2)nc2ccccc12. The first-order valence-corrected chi connectivity index (χ1v) is 6.86. The Kier molecular flexibility index (Phi) is 2.68. The van der Waals surface area contributed by atoms with Crippen LogP contribution in [0.4, 0.5) is 4.39 Å². The third-order valence-corrected chi connectivity index (χ3v) is 3.71. The second kappa shape index (κ2) is 4.67. The Hall–Kier alpha value is -2.74. The Labute approximate surface area is 121 Å². The largest absolute Gasteiger partial charge is 0.248 e. The summed E-state index contributed by atoms with van der Waals surface area (Å²) >= 11 is 0. The molecule has 0 aliphatic heterocycles. The van der Waals surface area contributed by atoms with Gasteiger partial charge in [0.1, 0.15) is 5.82 Å². The zero-order valence-corrected chi connectivity index (χ0v) is 11.3. The van der Waals surface area contributed by atoms with Gasteiger partial charge < -0.3 is 0 Å². The predicted molar refractivity (Wildman–Crippen MR) is 84.6 cm³/mol. The van der Waals surface area contributed by atoms with Crippen LogP contribution >= 0.6 is 0 Å². The number of aromatic nitrogens is 1. The maximum atomic E-state index is 14.2. The van der Waals surface area contributed by atoms with Gasteiger partial charge in [-0.25, -0.2) is 9.37 Å². The van der Waals surface area contributed by atoms with E-state index in [1.807, 2.05) is 48.5 Å². The first-order valence-electron chi connectivity index (χ1n) is 6.86. The minimum absolute atomic E-state index is 0.233. The molecule has 4 rings (SSSR count). The molecule has 0 saturated heterocycles. The van der Waals surface area contributed by atoms with Crippen LogP contribution in [0.3, 0.4) is 0 Å². The summed E-state index contributed by atoms with van der Waals surface area (Å²) in [5.41, 5.74) is 2.27. The van der Waals surface area contributed by atoms with E-state index in [0.29, 0.717) is 16.6 Å². The van der Waals surface area contributed by atoms with Crippen LogP contribution in [0.2, 0.25) is 0 Å². The highest BCUT2D eigenvalue weighted by Gasteiger charge is 2.07. The van der Waals surface area contributed by atoms with Crippen molar-refractivity contribution < 1.29 is 4.39 Å². The number of pyridine rings is 1. The van der Waals surface area contributed by atoms with Gasteiger partial charge in [-0.3, -0.25) is 0 Å². The first-order chi connectivity index (χ1) is 10.3. The molecule has 21 heavy (non-hydrogen) atoms. The van der Waals surface area contributed by atoms with Crippen molar-refractivity contribution in [3.63, 3.8) is 0 Å². The number of fused-ring (bicyclic) bond motifs is 2. The van der Waals surface area contributed by atoms with Crippen LogP contribution in [0.5, 0.6) is 0 Å². The van der Waals surface area contributed by atoms with Gasteiger partial charge in [-0.05, 0) is 29.0 Å². The molecule has 1 aromatic heterocycles. The summed E-state index contributed by atoms with van der Waals surface area (Å²) in [5.74, 6) is -0.233. The minimum Gasteiger partial charge on any atom is -0.248 e. The number of halogens is 1. The van der Waals surface area contributed by atoms with E-state index in [9.17, 15) is 4.39 Å². The summed E-state index contributed by atoms with van der Waals surface area (Å²) in [5, 5.41) is 2.86. The number of hydrogen-bond acceptors (Lipinski definition) is 1. The summed E-state index contributed by atoms with van der Waals surface area (Å²) < 4.78 is 14.2. The van der Waals surface area contributed by atoms with Crippen molar-refractivity contribution in [1.82, 2.24) is 4.98 Å². The van der Waals surface area contributed by atoms with Crippen LogP contribution in [0.1, 0.15) is 0 Å². The van der Waals surface area contributed by atoms with Crippen LogP contribution in [0.25, 0.3) is 32.9 Å². The lowest BCUT2D eigenvalue weighted by atomic mass is 10.0. The van der Waals surface area contributed by atoms with Crippen LogP contribution in [0, 0.1) is 5.82 Å². The summed E-state index contributed by atoms with van der Waals surface area (Å²) in [4.78, 5) is 4.57. The summed E-state index contributed by atoms with van der Waals surface area (Å²) in [6, 6.07) is 23.0. The molecule has 0 saturated carbocycles. The van der Waals surface area contributed by atoms with Gasteiger partial charge in [0, 0.05) is 17.0 Å². The molecule has 0 radical (unpaired) electrons. The molecule has 0 aliphatic rings. The van der Waals surface area contributed by atoms with Gasteiger partial charge in [0.05, 0.1) is 11.2 Å². The van der Waals surface area contributed by atoms with Gasteiger partial charge in [0.2, 0.25) is 0 Å². The van der Waals surface area contributed by atoms with E-state index in [-0.39, 0.29) is 5.82 Å². The molecule has 3 aromatic carbocycles. The lowest BCUT2D eigenvalue weighted by molar-refractivity contribution is 0.639. The molecular weight excluding hydrogens is 261 g/mol. The number of hydrogen-bond donors (Lipinski definition) is 0. The Morgan fingerprint density at radius 1 is 0.714 bits per heavy atom. The Morgan fingerprint density at radius 3 is 2.38 bits per heavy atom. The van der Waals surface area contributed by atoms with Gasteiger partial charge in [0.15, 0.2) is 0 Å². The zero-order valence-electron chi connectivity index (χ0n) is 11.3. The van der Waals surface area contributed by atoms with Gasteiger partial charge in [-0.15, -0.1) is 0 Å². The van der Waals surface area contributed by atoms with Crippen molar-refractivity contribution in [2.45, 2.75) is 0 Å². The standard InChI is InChI=1S/C19H12FN/c20-17-12-19(21-18-8-4-3-7-16(17)18)15-10-9-13-5-1-2-6-14(13)11-15/h1-12H. The third kappa shape index (κ3) is 2.05. The second-order valence-corrected chi connectivity index (χ2v) is 5.07. The van der Waals surface area contributed by atoms with Crippen molar-refractivity contribution >= 4 is 21.7 Å². The molecule has 0 fully saturated rings. The molecular formula is C19H12FN. The Morgan fingerprint density at radius 2 is 1.48 bits per heavy atom. The highest BCUT2D eigenvalue weighted by atomic mass is 19.1. The minimum atomic E-state index is -0.233. The van der Waals surface area contributed by atoms with Crippen molar-refractivity contribution in [3.8, 4) is 11.3 Å². The van der Waals surface area contributed by atoms with Gasteiger partial charge in [-0.1, -0.05) is 48.5 Å². The van der Waals surface area contributed by atoms with Crippen LogP contribution < -0.4 is 0 Å². The molecule has 2 heteroatoms. The molecule has 1 heterocycles. The Balaban J connectivity index is 1.95. The average Bonchev–Trinajstić information content (AvgIpc) is 2.54. The van der Waals surface area contributed by atoms with E-state index in [2.05, 4.69) is 17.1 Å². The highest BCUT2D eigenvalue weighted by Crippen LogP contribution is 2.26. The fourth-order valence-corrected chi connectivity index (χ4v) is 2.63. The summed E-state index contributed by atoms with van der Waals surface area (Å²) in [6.45, 7) is 0. The lowest BCUT2D eigenvalue weighted by Gasteiger charge is -2.06. The molecule has 0 bridgehead atoms. The van der Waals surface area contributed by atoms with Crippen molar-refractivity contribution in [3.05, 3.63) is 78.6 Å². The van der Waals surface area contributed by atoms with Gasteiger partial charge >= 0.3 is 0 Å². The lowest BCUT2D eigenvalue weighted by Crippen LogP contribution is -1.89. The quantitative estimate of drug-likeness (QED) is 0.465. The van der Waals surface area contributed by atoms with E-state index in [1.54, 1.807) is 6.07 Å². The maximum absolute atomic E-state index is 14.2. The van der Waals surface area contributed by atoms with E-state index < -0.39 is 0 Å². The second-order valence-electron chi connectivity index (χ2n) is 5.07. The number of benzene rings is 3. The molecule has 0 unspecified atom stereocenters. The highest BCUT2D eigenvalue weighted by molar-refractivity contribution is 5.88. The molecule has 4 aromatic rings. The van der Waals surface area contributed by atoms with Crippen LogP contribution in [0.15, 0.2) is 72.8 Å². The smallest absolute Gasteiger partial charge is 0.134 e. The molecule has 0 aliphatic carbocycles. The average molecular weight is 273 g/mol. The Bertz CT molecular complexity index is 960. The van der Waals surface area contributed by atoms with Crippen molar-refractivity contribution in [2.24, 2.45) is 0 Å². The van der Waals surface area contributed by atoms with Gasteiger partial charge in [0.25, 0.3) is 0 Å². The molecule has 1 nitrogen and oxygen atoms in total. The van der Waals surface area contributed by atoms with E-state index >= 15 is 0 Å². The predicted octanol–water partition coefficient (Wildman–Crippen LogP) is 5.19. The van der Waals surface area contributed by atoms with E-state index in [4.69, 9.17) is 0 Å². The molecule has 0 amide bonds. The van der Waals surface area contributed by atoms with Crippen molar-refractivity contribution in [1.29, 1.82) is 0 Å². The topological polar surface area (TPSA) is 12.9 Å². The van der Waals surface area contributed by atoms with E-state index in [1.165, 1.54) is 11.5 Å². The number of para-hydroxylation sites is 1. The maximum Gasteiger partial charge on any atom is 0.134 e. The monoisotopic (exact) mass is 273 g/mol. The summed E-state index contributed by atoms with van der Waals surface area (Å²) in [7, 11) is 0. The normalized spacial score (nSPS) is 11.1. The molecule has 0 spiro atoms. The third-order valence-electron chi connectivity index (χ3n) is 3.71. The summed E-state index contributed by atoms with van der Waals surface area (Å²) in [6.07, 6.45) is 0. The first kappa shape index (κ1) is 12.0. The molecule has 100 valence electrons. The van der Waals surface area contributed by atoms with Gasteiger partial charge in [-0.2, -0.15) is 0 Å². The molecule has 0 atom stereocenters.